The van der Waals surface area contributed by atoms with E-state index in [2.05, 4.69) is 26.4 Å². The molecule has 1 unspecified atom stereocenters. The van der Waals surface area contributed by atoms with Crippen LogP contribution >= 0.6 is 0 Å². The second kappa shape index (κ2) is 9.86. The molecule has 0 radical (unpaired) electrons. The number of nitrogens with one attached hydrogen (secondary N) is 1. The summed E-state index contributed by atoms with van der Waals surface area (Å²) in [6.45, 7) is 1.93. The summed E-state index contributed by atoms with van der Waals surface area (Å²) in [5.74, 6) is 0.295. The summed E-state index contributed by atoms with van der Waals surface area (Å²) in [4.78, 5) is 27.1. The zero-order valence-corrected chi connectivity index (χ0v) is 21.4. The minimum atomic E-state index is -0.396. The van der Waals surface area contributed by atoms with Gasteiger partial charge in [0.1, 0.15) is 5.56 Å². The molecule has 4 aromatic heterocycles. The van der Waals surface area contributed by atoms with Gasteiger partial charge in [-0.05, 0) is 30.7 Å². The third kappa shape index (κ3) is 4.40. The number of methoxy groups -OCH3 is 1. The van der Waals surface area contributed by atoms with Gasteiger partial charge in [-0.1, -0.05) is 48.5 Å². The predicted molar refractivity (Wildman–Crippen MR) is 150 cm³/mol. The van der Waals surface area contributed by atoms with Crippen LogP contribution in [-0.4, -0.2) is 37.6 Å². The highest BCUT2D eigenvalue weighted by molar-refractivity contribution is 6.04. The van der Waals surface area contributed by atoms with E-state index in [1.54, 1.807) is 31.8 Å². The van der Waals surface area contributed by atoms with Crippen molar-refractivity contribution in [3.05, 3.63) is 103 Å². The van der Waals surface area contributed by atoms with Crippen molar-refractivity contribution in [2.45, 2.75) is 13.0 Å². The van der Waals surface area contributed by atoms with Crippen LogP contribution < -0.4 is 15.8 Å². The molecule has 0 saturated carbocycles. The van der Waals surface area contributed by atoms with Crippen LogP contribution in [0.1, 0.15) is 28.9 Å². The van der Waals surface area contributed by atoms with E-state index in [0.717, 1.165) is 38.9 Å². The van der Waals surface area contributed by atoms with E-state index in [1.807, 2.05) is 67.6 Å². The molecule has 1 amide bonds. The molecule has 2 aromatic carbocycles. The molecule has 0 spiro atoms. The Labute approximate surface area is 224 Å². The predicted octanol–water partition coefficient (Wildman–Crippen LogP) is 5.09. The Balaban J connectivity index is 1.46. The van der Waals surface area contributed by atoms with Gasteiger partial charge in [-0.3, -0.25) is 4.79 Å². The van der Waals surface area contributed by atoms with E-state index < -0.39 is 6.04 Å². The van der Waals surface area contributed by atoms with Gasteiger partial charge in [-0.15, -0.1) is 5.10 Å². The molecular weight excluding hydrogens is 490 g/mol. The first kappa shape index (κ1) is 24.1. The lowest BCUT2D eigenvalue weighted by Gasteiger charge is -2.19. The number of aromatic nitrogens is 5. The lowest BCUT2D eigenvalue weighted by Crippen LogP contribution is -2.28. The van der Waals surface area contributed by atoms with Gasteiger partial charge in [-0.2, -0.15) is 0 Å². The van der Waals surface area contributed by atoms with E-state index in [-0.39, 0.29) is 17.3 Å². The van der Waals surface area contributed by atoms with Gasteiger partial charge >= 0.3 is 0 Å². The summed E-state index contributed by atoms with van der Waals surface area (Å²) in [7, 11) is 1.60. The Morgan fingerprint density at radius 1 is 0.974 bits per heavy atom. The number of nitrogens with two attached hydrogens (primary N) is 1. The van der Waals surface area contributed by atoms with Crippen LogP contribution in [0, 0.1) is 0 Å². The monoisotopic (exact) mass is 515 g/mol. The van der Waals surface area contributed by atoms with Crippen LogP contribution in [0.4, 0.5) is 5.82 Å². The quantitative estimate of drug-likeness (QED) is 0.317. The number of para-hydroxylation sites is 1. The van der Waals surface area contributed by atoms with Crippen LogP contribution in [0.15, 0.2) is 91.4 Å². The number of amides is 1. The first-order valence-corrected chi connectivity index (χ1v) is 12.4. The molecule has 1 atom stereocenters. The van der Waals surface area contributed by atoms with Crippen molar-refractivity contribution < 1.29 is 9.53 Å². The molecule has 0 saturated heterocycles. The summed E-state index contributed by atoms with van der Waals surface area (Å²) in [6, 6.07) is 23.2. The topological polar surface area (TPSA) is 120 Å². The number of nitrogen functional groups attached to an aromatic ring is 1. The molecule has 9 heteroatoms. The molecule has 6 aromatic rings. The third-order valence-corrected chi connectivity index (χ3v) is 6.64. The number of anilines is 1. The molecule has 39 heavy (non-hydrogen) atoms. The van der Waals surface area contributed by atoms with Crippen LogP contribution in [-0.2, 0) is 0 Å². The number of ether oxygens (including phenoxy) is 1. The molecule has 4 heterocycles. The van der Waals surface area contributed by atoms with Gasteiger partial charge < -0.3 is 15.8 Å². The number of fused-ring (bicyclic) bond motifs is 2. The van der Waals surface area contributed by atoms with Crippen molar-refractivity contribution in [3.8, 4) is 28.3 Å². The molecule has 9 nitrogen and oxygen atoms in total. The number of pyridine rings is 2. The fourth-order valence-electron chi connectivity index (χ4n) is 4.76. The lowest BCUT2D eigenvalue weighted by molar-refractivity contribution is 0.0942. The zero-order chi connectivity index (χ0) is 26.9. The first-order valence-electron chi connectivity index (χ1n) is 12.4. The summed E-state index contributed by atoms with van der Waals surface area (Å²) in [5, 5.41) is 8.25. The highest BCUT2D eigenvalue weighted by Gasteiger charge is 2.23. The highest BCUT2D eigenvalue weighted by Crippen LogP contribution is 2.35. The van der Waals surface area contributed by atoms with Crippen LogP contribution in [0.3, 0.4) is 0 Å². The Morgan fingerprint density at radius 3 is 2.64 bits per heavy atom. The molecular formula is C30H25N7O2. The van der Waals surface area contributed by atoms with Crippen LogP contribution in [0.5, 0.6) is 5.88 Å². The average Bonchev–Trinajstić information content (AvgIpc) is 3.32. The standard InChI is InChI=1S/C30H25N7O2/c1-18(34-30(38)25-28(31)36-37-15-7-13-33-29(25)37)23-16-21-10-6-11-22(20-12-14-32-24(17-20)39-2)27(21)35-26(23)19-8-4-3-5-9-19/h3-18H,1-2H3,(H2,31,36)(H,34,38). The maximum atomic E-state index is 13.4. The van der Waals surface area contributed by atoms with E-state index in [9.17, 15) is 4.79 Å². The number of rotatable bonds is 6. The van der Waals surface area contributed by atoms with Crippen LogP contribution in [0.25, 0.3) is 38.9 Å². The summed E-state index contributed by atoms with van der Waals surface area (Å²) in [5.41, 5.74) is 12.1. The van der Waals surface area contributed by atoms with Gasteiger partial charge in [0.15, 0.2) is 11.5 Å². The summed E-state index contributed by atoms with van der Waals surface area (Å²) in [6.07, 6.45) is 5.03. The van der Waals surface area contributed by atoms with Gasteiger partial charge in [-0.25, -0.2) is 19.5 Å². The van der Waals surface area contributed by atoms with Crippen molar-refractivity contribution in [2.24, 2.45) is 0 Å². The molecule has 0 bridgehead atoms. The Morgan fingerprint density at radius 2 is 1.82 bits per heavy atom. The Hall–Kier alpha value is -5.31. The molecule has 192 valence electrons. The Bertz CT molecular complexity index is 1830. The SMILES string of the molecule is COc1cc(-c2cccc3cc(C(C)NC(=O)c4c(N)nn5cccnc45)c(-c4ccccc4)nc23)ccn1. The zero-order valence-electron chi connectivity index (χ0n) is 21.4. The first-order chi connectivity index (χ1) is 19.0. The van der Waals surface area contributed by atoms with Gasteiger partial charge in [0.25, 0.3) is 5.91 Å². The van der Waals surface area contributed by atoms with Gasteiger partial charge in [0, 0.05) is 46.7 Å². The largest absolute Gasteiger partial charge is 0.481 e. The fraction of sp³-hybridized carbons (Fsp3) is 0.100. The number of hydrogen-bond acceptors (Lipinski definition) is 7. The molecule has 6 rings (SSSR count). The van der Waals surface area contributed by atoms with E-state index in [1.165, 1.54) is 4.52 Å². The number of carbonyl (C=O) groups excluding carboxylic acids is 1. The second-order valence-corrected chi connectivity index (χ2v) is 9.10. The number of nitrogens with zero attached hydrogens (tertiary/aromatic N) is 5. The average molecular weight is 516 g/mol. The van der Waals surface area contributed by atoms with E-state index in [4.69, 9.17) is 15.5 Å². The second-order valence-electron chi connectivity index (χ2n) is 9.10. The number of benzene rings is 2. The van der Waals surface area contributed by atoms with Gasteiger partial charge in [0.05, 0.1) is 24.4 Å². The maximum Gasteiger partial charge on any atom is 0.259 e. The normalized spacial score (nSPS) is 11.9. The van der Waals surface area contributed by atoms with Crippen molar-refractivity contribution >= 4 is 28.3 Å². The molecule has 3 N–H and O–H groups in total. The molecule has 0 fully saturated rings. The maximum absolute atomic E-state index is 13.4. The number of carbonyl (C=O) groups is 1. The van der Waals surface area contributed by atoms with Gasteiger partial charge in [0.2, 0.25) is 5.88 Å². The minimum Gasteiger partial charge on any atom is -0.481 e. The summed E-state index contributed by atoms with van der Waals surface area (Å²) < 4.78 is 6.84. The highest BCUT2D eigenvalue weighted by atomic mass is 16.5. The lowest BCUT2D eigenvalue weighted by atomic mass is 9.96. The fourth-order valence-corrected chi connectivity index (χ4v) is 4.76. The van der Waals surface area contributed by atoms with E-state index in [0.29, 0.717) is 11.5 Å². The minimum absolute atomic E-state index is 0.121. The number of hydrogen-bond donors (Lipinski definition) is 2. The smallest absolute Gasteiger partial charge is 0.259 e. The molecule has 0 aliphatic carbocycles. The van der Waals surface area contributed by atoms with Crippen molar-refractivity contribution in [1.29, 1.82) is 0 Å². The Kier molecular flexibility index (Phi) is 6.08. The molecule has 0 aliphatic rings. The summed E-state index contributed by atoms with van der Waals surface area (Å²) >= 11 is 0. The van der Waals surface area contributed by atoms with Crippen molar-refractivity contribution in [3.63, 3.8) is 0 Å². The third-order valence-electron chi connectivity index (χ3n) is 6.64. The van der Waals surface area contributed by atoms with Crippen molar-refractivity contribution in [2.75, 3.05) is 12.8 Å². The van der Waals surface area contributed by atoms with E-state index >= 15 is 0 Å². The van der Waals surface area contributed by atoms with Crippen molar-refractivity contribution in [1.82, 2.24) is 29.9 Å². The molecule has 0 aliphatic heterocycles. The van der Waals surface area contributed by atoms with Crippen LogP contribution in [0.2, 0.25) is 0 Å².